The first-order valence-electron chi connectivity index (χ1n) is 10.8. The maximum absolute atomic E-state index is 12.1. The predicted octanol–water partition coefficient (Wildman–Crippen LogP) is 5.75. The third kappa shape index (κ3) is 10.9. The lowest BCUT2D eigenvalue weighted by atomic mass is 10.2. The number of ether oxygens (including phenoxy) is 2. The molecule has 10 heteroatoms. The van der Waals surface area contributed by atoms with Crippen molar-refractivity contribution in [1.82, 2.24) is 5.32 Å². The Labute approximate surface area is 212 Å². The Morgan fingerprint density at radius 2 is 1.53 bits per heavy atom. The predicted molar refractivity (Wildman–Crippen MR) is 136 cm³/mol. The smallest absolute Gasteiger partial charge is 0.407 e. The van der Waals surface area contributed by atoms with Gasteiger partial charge in [-0.15, -0.1) is 0 Å². The van der Waals surface area contributed by atoms with Gasteiger partial charge >= 0.3 is 6.09 Å². The first-order chi connectivity index (χ1) is 16.0. The number of nitrogens with one attached hydrogen (secondary N) is 3. The second-order valence-corrected chi connectivity index (χ2v) is 9.70. The third-order valence-electron chi connectivity index (χ3n) is 4.17. The Kier molecular flexibility index (Phi) is 10.7. The van der Waals surface area contributed by atoms with Gasteiger partial charge in [-0.25, -0.2) is 4.79 Å². The summed E-state index contributed by atoms with van der Waals surface area (Å²) in [4.78, 5) is 35.8. The molecule has 0 aliphatic heterocycles. The van der Waals surface area contributed by atoms with Gasteiger partial charge < -0.3 is 25.4 Å². The summed E-state index contributed by atoms with van der Waals surface area (Å²) in [5.41, 5.74) is 0.609. The number of carbonyl (C=O) groups excluding carboxylic acids is 3. The van der Waals surface area contributed by atoms with Crippen LogP contribution in [0.4, 0.5) is 16.2 Å². The van der Waals surface area contributed by atoms with Gasteiger partial charge in [0.05, 0.1) is 11.6 Å². The molecule has 0 unspecified atom stereocenters. The van der Waals surface area contributed by atoms with Crippen molar-refractivity contribution in [2.75, 3.05) is 23.8 Å². The van der Waals surface area contributed by atoms with Gasteiger partial charge in [-0.1, -0.05) is 27.5 Å². The maximum Gasteiger partial charge on any atom is 0.407 e. The summed E-state index contributed by atoms with van der Waals surface area (Å²) in [5, 5.41) is 8.58. The van der Waals surface area contributed by atoms with Crippen molar-refractivity contribution in [2.45, 2.75) is 45.6 Å². The largest absolute Gasteiger partial charge is 0.492 e. The van der Waals surface area contributed by atoms with E-state index in [-0.39, 0.29) is 31.2 Å². The quantitative estimate of drug-likeness (QED) is 0.324. The van der Waals surface area contributed by atoms with Gasteiger partial charge in [0.1, 0.15) is 11.4 Å². The topological polar surface area (TPSA) is 106 Å². The number of hydrogen-bond donors (Lipinski definition) is 3. The van der Waals surface area contributed by atoms with Crippen molar-refractivity contribution in [3.05, 3.63) is 52.0 Å². The molecule has 0 aromatic heterocycles. The lowest BCUT2D eigenvalue weighted by Crippen LogP contribution is -2.34. The number of anilines is 2. The van der Waals surface area contributed by atoms with Crippen LogP contribution in [0.15, 0.2) is 46.9 Å². The number of benzene rings is 2. The fraction of sp³-hybridized carbons (Fsp3) is 0.375. The molecule has 3 N–H and O–H groups in total. The number of alkyl carbamates (subject to hydrolysis) is 1. The molecule has 0 fully saturated rings. The van der Waals surface area contributed by atoms with Crippen molar-refractivity contribution in [1.29, 1.82) is 0 Å². The number of rotatable bonds is 10. The van der Waals surface area contributed by atoms with E-state index in [1.807, 2.05) is 6.07 Å². The minimum atomic E-state index is -0.592. The Balaban J connectivity index is 1.66. The minimum Gasteiger partial charge on any atom is -0.492 e. The number of amides is 3. The molecule has 0 saturated carbocycles. The molecule has 34 heavy (non-hydrogen) atoms. The summed E-state index contributed by atoms with van der Waals surface area (Å²) in [6.07, 6.45) is 0.357. The van der Waals surface area contributed by atoms with Crippen LogP contribution in [0.3, 0.4) is 0 Å². The second-order valence-electron chi connectivity index (χ2n) is 8.38. The Bertz CT molecular complexity index is 993. The van der Waals surface area contributed by atoms with Crippen LogP contribution in [-0.4, -0.2) is 36.7 Å². The van der Waals surface area contributed by atoms with Crippen molar-refractivity contribution >= 4 is 56.8 Å². The van der Waals surface area contributed by atoms with E-state index in [4.69, 9.17) is 21.1 Å². The Hall–Kier alpha value is -2.78. The van der Waals surface area contributed by atoms with Gasteiger partial charge in [0, 0.05) is 35.2 Å². The zero-order valence-corrected chi connectivity index (χ0v) is 21.7. The maximum atomic E-state index is 12.1. The summed E-state index contributed by atoms with van der Waals surface area (Å²) in [5.74, 6) is 0.178. The van der Waals surface area contributed by atoms with E-state index in [9.17, 15) is 14.4 Å². The monoisotopic (exact) mass is 553 g/mol. The minimum absolute atomic E-state index is 0.102. The van der Waals surface area contributed by atoms with Crippen LogP contribution in [0.2, 0.25) is 5.02 Å². The van der Waals surface area contributed by atoms with Crippen molar-refractivity contribution in [3.8, 4) is 5.75 Å². The fourth-order valence-corrected chi connectivity index (χ4v) is 3.41. The molecule has 8 nitrogen and oxygen atoms in total. The van der Waals surface area contributed by atoms with Crippen molar-refractivity contribution < 1.29 is 23.9 Å². The Morgan fingerprint density at radius 1 is 0.941 bits per heavy atom. The van der Waals surface area contributed by atoms with Crippen LogP contribution < -0.4 is 20.7 Å². The summed E-state index contributed by atoms with van der Waals surface area (Å²) >= 11 is 9.43. The molecule has 2 aromatic carbocycles. The van der Waals surface area contributed by atoms with E-state index < -0.39 is 11.7 Å². The highest BCUT2D eigenvalue weighted by Gasteiger charge is 2.16. The fourth-order valence-electron chi connectivity index (χ4n) is 2.68. The molecule has 0 spiro atoms. The van der Waals surface area contributed by atoms with E-state index >= 15 is 0 Å². The summed E-state index contributed by atoms with van der Waals surface area (Å²) in [6, 6.07) is 12.1. The van der Waals surface area contributed by atoms with Crippen molar-refractivity contribution in [3.63, 3.8) is 0 Å². The number of carbonyl (C=O) groups is 3. The molecular formula is C24H29BrClN3O5. The molecule has 0 aliphatic carbocycles. The number of hydrogen-bond acceptors (Lipinski definition) is 5. The highest BCUT2D eigenvalue weighted by molar-refractivity contribution is 9.10. The molecule has 2 rings (SSSR count). The average molecular weight is 555 g/mol. The molecule has 3 amide bonds. The van der Waals surface area contributed by atoms with Gasteiger partial charge in [0.25, 0.3) is 0 Å². The van der Waals surface area contributed by atoms with Gasteiger partial charge in [-0.05, 0) is 69.7 Å². The summed E-state index contributed by atoms with van der Waals surface area (Å²) in [7, 11) is 0. The molecular weight excluding hydrogens is 526 g/mol. The van der Waals surface area contributed by atoms with Crippen molar-refractivity contribution in [2.24, 2.45) is 0 Å². The van der Waals surface area contributed by atoms with Gasteiger partial charge in [-0.2, -0.15) is 0 Å². The standard InChI is InChI=1S/C24H29BrClN3O5/c1-24(2,3)34-23(32)27-13-12-22(31)29-18-9-7-17(8-10-18)28-21(30)5-4-14-33-20-11-6-16(25)15-19(20)26/h6-11,15H,4-5,12-14H2,1-3H3,(H,27,32)(H,28,30)(H,29,31). The van der Waals surface area contributed by atoms with E-state index in [0.29, 0.717) is 35.2 Å². The van der Waals surface area contributed by atoms with Gasteiger partial charge in [-0.3, -0.25) is 9.59 Å². The Morgan fingerprint density at radius 3 is 2.09 bits per heavy atom. The third-order valence-corrected chi connectivity index (χ3v) is 4.96. The van der Waals surface area contributed by atoms with Crippen LogP contribution in [0, 0.1) is 0 Å². The van der Waals surface area contributed by atoms with Crippen LogP contribution in [-0.2, 0) is 14.3 Å². The second kappa shape index (κ2) is 13.2. The highest BCUT2D eigenvalue weighted by Crippen LogP contribution is 2.27. The van der Waals surface area contributed by atoms with Crippen LogP contribution in [0.1, 0.15) is 40.0 Å². The van der Waals surface area contributed by atoms with Gasteiger partial charge in [0.15, 0.2) is 0 Å². The van der Waals surface area contributed by atoms with Crippen LogP contribution in [0.25, 0.3) is 0 Å². The lowest BCUT2D eigenvalue weighted by Gasteiger charge is -2.19. The first kappa shape index (κ1) is 27.5. The molecule has 0 radical (unpaired) electrons. The molecule has 0 heterocycles. The SMILES string of the molecule is CC(C)(C)OC(=O)NCCC(=O)Nc1ccc(NC(=O)CCCOc2ccc(Br)cc2Cl)cc1. The highest BCUT2D eigenvalue weighted by atomic mass is 79.9. The summed E-state index contributed by atoms with van der Waals surface area (Å²) < 4.78 is 11.6. The molecule has 0 bridgehead atoms. The molecule has 2 aromatic rings. The van der Waals surface area contributed by atoms with Crippen LogP contribution in [0.5, 0.6) is 5.75 Å². The lowest BCUT2D eigenvalue weighted by molar-refractivity contribution is -0.117. The van der Waals surface area contributed by atoms with E-state index in [2.05, 4.69) is 31.9 Å². The molecule has 0 saturated heterocycles. The molecule has 184 valence electrons. The molecule has 0 atom stereocenters. The van der Waals surface area contributed by atoms with Crippen LogP contribution >= 0.6 is 27.5 Å². The van der Waals surface area contributed by atoms with E-state index in [0.717, 1.165) is 4.47 Å². The van der Waals surface area contributed by atoms with E-state index in [1.165, 1.54) is 0 Å². The average Bonchev–Trinajstić information content (AvgIpc) is 2.72. The normalized spacial score (nSPS) is 10.9. The number of halogens is 2. The summed E-state index contributed by atoms with van der Waals surface area (Å²) in [6.45, 7) is 5.82. The zero-order valence-electron chi connectivity index (χ0n) is 19.4. The van der Waals surface area contributed by atoms with Gasteiger partial charge in [0.2, 0.25) is 11.8 Å². The zero-order chi connectivity index (χ0) is 25.1. The molecule has 0 aliphatic rings. The first-order valence-corrected chi connectivity index (χ1v) is 11.9. The van der Waals surface area contributed by atoms with E-state index in [1.54, 1.807) is 57.2 Å².